The Balaban J connectivity index is 2.24. The Labute approximate surface area is 105 Å². The first-order chi connectivity index (χ1) is 8.58. The standard InChI is InChI=1S/C14H15FN2O/c1-17(13-5-3-2-4-12(13)15)9-10-8-11(16)6-7-14(10)18/h2-8,18H,9,16H2,1H3. The van der Waals surface area contributed by atoms with Gasteiger partial charge in [-0.15, -0.1) is 0 Å². The number of nitrogens with zero attached hydrogens (tertiary/aromatic N) is 1. The summed E-state index contributed by atoms with van der Waals surface area (Å²) in [5.74, 6) is -0.129. The number of nitrogen functional groups attached to an aromatic ring is 1. The van der Waals surface area contributed by atoms with Crippen molar-refractivity contribution >= 4 is 11.4 Å². The summed E-state index contributed by atoms with van der Waals surface area (Å²) in [6, 6.07) is 11.4. The lowest BCUT2D eigenvalue weighted by molar-refractivity contribution is 0.467. The van der Waals surface area contributed by atoms with E-state index in [2.05, 4.69) is 0 Å². The van der Waals surface area contributed by atoms with Crippen LogP contribution in [0.15, 0.2) is 42.5 Å². The Morgan fingerprint density at radius 3 is 2.67 bits per heavy atom. The lowest BCUT2D eigenvalue weighted by Crippen LogP contribution is -2.17. The van der Waals surface area contributed by atoms with E-state index in [1.165, 1.54) is 6.07 Å². The van der Waals surface area contributed by atoms with Crippen LogP contribution < -0.4 is 10.6 Å². The van der Waals surface area contributed by atoms with Crippen LogP contribution in [0.25, 0.3) is 0 Å². The maximum absolute atomic E-state index is 13.6. The number of rotatable bonds is 3. The molecule has 2 aromatic rings. The van der Waals surface area contributed by atoms with E-state index in [0.717, 1.165) is 0 Å². The van der Waals surface area contributed by atoms with E-state index in [1.54, 1.807) is 48.3 Å². The van der Waals surface area contributed by atoms with Gasteiger partial charge in [-0.1, -0.05) is 12.1 Å². The summed E-state index contributed by atoms with van der Waals surface area (Å²) in [6.07, 6.45) is 0. The Morgan fingerprint density at radius 1 is 1.22 bits per heavy atom. The van der Waals surface area contributed by atoms with Gasteiger partial charge in [0.2, 0.25) is 0 Å². The molecule has 0 aromatic heterocycles. The lowest BCUT2D eigenvalue weighted by atomic mass is 10.1. The topological polar surface area (TPSA) is 49.5 Å². The van der Waals surface area contributed by atoms with Crippen LogP contribution in [0.1, 0.15) is 5.56 Å². The first-order valence-corrected chi connectivity index (χ1v) is 5.61. The van der Waals surface area contributed by atoms with Crippen molar-refractivity contribution in [3.8, 4) is 5.75 Å². The summed E-state index contributed by atoms with van der Waals surface area (Å²) in [6.45, 7) is 0.387. The second-order valence-corrected chi connectivity index (χ2v) is 4.20. The first kappa shape index (κ1) is 12.2. The van der Waals surface area contributed by atoms with Gasteiger partial charge in [-0.2, -0.15) is 0 Å². The van der Waals surface area contributed by atoms with Gasteiger partial charge in [-0.25, -0.2) is 4.39 Å². The zero-order valence-electron chi connectivity index (χ0n) is 10.1. The number of benzene rings is 2. The van der Waals surface area contributed by atoms with Crippen molar-refractivity contribution in [1.29, 1.82) is 0 Å². The Bertz CT molecular complexity index is 557. The predicted octanol–water partition coefficient (Wildman–Crippen LogP) is 2.75. The zero-order chi connectivity index (χ0) is 13.1. The number of nitrogens with two attached hydrogens (primary N) is 1. The Kier molecular flexibility index (Phi) is 3.37. The van der Waals surface area contributed by atoms with Crippen LogP contribution in [0.3, 0.4) is 0 Å². The highest BCUT2D eigenvalue weighted by atomic mass is 19.1. The molecule has 0 aliphatic carbocycles. The molecule has 0 atom stereocenters. The van der Waals surface area contributed by atoms with Crippen molar-refractivity contribution in [2.45, 2.75) is 6.54 Å². The van der Waals surface area contributed by atoms with Crippen LogP contribution in [-0.4, -0.2) is 12.2 Å². The molecular weight excluding hydrogens is 231 g/mol. The first-order valence-electron chi connectivity index (χ1n) is 5.61. The van der Waals surface area contributed by atoms with Crippen molar-refractivity contribution < 1.29 is 9.50 Å². The van der Waals surface area contributed by atoms with Crippen LogP contribution in [0, 0.1) is 5.82 Å². The Morgan fingerprint density at radius 2 is 1.94 bits per heavy atom. The molecule has 0 fully saturated rings. The SMILES string of the molecule is CN(Cc1cc(N)ccc1O)c1ccccc1F. The average Bonchev–Trinajstić information content (AvgIpc) is 2.34. The van der Waals surface area contributed by atoms with Crippen molar-refractivity contribution in [3.63, 3.8) is 0 Å². The number of aromatic hydroxyl groups is 1. The van der Waals surface area contributed by atoms with Crippen LogP contribution in [-0.2, 0) is 6.54 Å². The number of anilines is 2. The summed E-state index contributed by atoms with van der Waals surface area (Å²) in [5, 5.41) is 9.72. The minimum absolute atomic E-state index is 0.160. The summed E-state index contributed by atoms with van der Waals surface area (Å²) in [4.78, 5) is 1.73. The maximum atomic E-state index is 13.6. The molecule has 0 saturated carbocycles. The van der Waals surface area contributed by atoms with E-state index in [4.69, 9.17) is 5.73 Å². The van der Waals surface area contributed by atoms with E-state index in [9.17, 15) is 9.50 Å². The minimum atomic E-state index is -0.289. The Hall–Kier alpha value is -2.23. The number of hydrogen-bond acceptors (Lipinski definition) is 3. The van der Waals surface area contributed by atoms with E-state index < -0.39 is 0 Å². The summed E-state index contributed by atoms with van der Waals surface area (Å²) >= 11 is 0. The molecule has 4 heteroatoms. The van der Waals surface area contributed by atoms with Gasteiger partial charge in [0.15, 0.2) is 0 Å². The average molecular weight is 246 g/mol. The summed E-state index contributed by atoms with van der Waals surface area (Å²) in [7, 11) is 1.76. The number of phenolic OH excluding ortho intramolecular Hbond substituents is 1. The molecule has 0 unspecified atom stereocenters. The second-order valence-electron chi connectivity index (χ2n) is 4.20. The molecule has 0 saturated heterocycles. The van der Waals surface area contributed by atoms with Gasteiger partial charge in [0.05, 0.1) is 5.69 Å². The molecule has 0 heterocycles. The number of phenols is 1. The van der Waals surface area contributed by atoms with Gasteiger partial charge in [-0.3, -0.25) is 0 Å². The fraction of sp³-hybridized carbons (Fsp3) is 0.143. The molecule has 0 radical (unpaired) electrons. The van der Waals surface area contributed by atoms with Crippen molar-refractivity contribution in [2.24, 2.45) is 0 Å². The molecule has 3 nitrogen and oxygen atoms in total. The van der Waals surface area contributed by atoms with Crippen LogP contribution in [0.4, 0.5) is 15.8 Å². The quantitative estimate of drug-likeness (QED) is 0.646. The molecule has 2 rings (SSSR count). The fourth-order valence-electron chi connectivity index (χ4n) is 1.83. The van der Waals surface area contributed by atoms with E-state index in [-0.39, 0.29) is 11.6 Å². The highest BCUT2D eigenvalue weighted by molar-refractivity contribution is 5.51. The van der Waals surface area contributed by atoms with E-state index in [0.29, 0.717) is 23.5 Å². The van der Waals surface area contributed by atoms with Crippen LogP contribution >= 0.6 is 0 Å². The van der Waals surface area contributed by atoms with Gasteiger partial charge >= 0.3 is 0 Å². The number of halogens is 1. The molecule has 0 aliphatic rings. The number of para-hydroxylation sites is 1. The van der Waals surface area contributed by atoms with Crippen molar-refractivity contribution in [3.05, 3.63) is 53.8 Å². The highest BCUT2D eigenvalue weighted by Crippen LogP contribution is 2.24. The van der Waals surface area contributed by atoms with Crippen LogP contribution in [0.5, 0.6) is 5.75 Å². The van der Waals surface area contributed by atoms with Gasteiger partial charge < -0.3 is 15.7 Å². The molecule has 0 aliphatic heterocycles. The maximum Gasteiger partial charge on any atom is 0.146 e. The molecule has 3 N–H and O–H groups in total. The van der Waals surface area contributed by atoms with Crippen molar-refractivity contribution in [2.75, 3.05) is 17.7 Å². The minimum Gasteiger partial charge on any atom is -0.508 e. The van der Waals surface area contributed by atoms with Gasteiger partial charge in [0.25, 0.3) is 0 Å². The van der Waals surface area contributed by atoms with Crippen LogP contribution in [0.2, 0.25) is 0 Å². The van der Waals surface area contributed by atoms with E-state index >= 15 is 0 Å². The molecule has 94 valence electrons. The molecule has 2 aromatic carbocycles. The lowest BCUT2D eigenvalue weighted by Gasteiger charge is -2.20. The van der Waals surface area contributed by atoms with E-state index in [1.807, 2.05) is 0 Å². The highest BCUT2D eigenvalue weighted by Gasteiger charge is 2.09. The molecule has 18 heavy (non-hydrogen) atoms. The monoisotopic (exact) mass is 246 g/mol. The summed E-state index contributed by atoms with van der Waals surface area (Å²) < 4.78 is 13.6. The third-order valence-corrected chi connectivity index (χ3v) is 2.77. The largest absolute Gasteiger partial charge is 0.508 e. The summed E-state index contributed by atoms with van der Waals surface area (Å²) in [5.41, 5.74) is 7.39. The molecule has 0 spiro atoms. The number of hydrogen-bond donors (Lipinski definition) is 2. The molecule has 0 bridgehead atoms. The van der Waals surface area contributed by atoms with Gasteiger partial charge in [0, 0.05) is 24.8 Å². The van der Waals surface area contributed by atoms with Gasteiger partial charge in [-0.05, 0) is 30.3 Å². The van der Waals surface area contributed by atoms with Gasteiger partial charge in [0.1, 0.15) is 11.6 Å². The third kappa shape index (κ3) is 2.53. The molecule has 0 amide bonds. The zero-order valence-corrected chi connectivity index (χ0v) is 10.1. The predicted molar refractivity (Wildman–Crippen MR) is 71.0 cm³/mol. The normalized spacial score (nSPS) is 10.3. The third-order valence-electron chi connectivity index (χ3n) is 2.77. The second kappa shape index (κ2) is 4.96. The smallest absolute Gasteiger partial charge is 0.146 e. The van der Waals surface area contributed by atoms with Crippen molar-refractivity contribution in [1.82, 2.24) is 0 Å². The fourth-order valence-corrected chi connectivity index (χ4v) is 1.83. The molecular formula is C14H15FN2O.